The highest BCUT2D eigenvalue weighted by atomic mass is 16.6. The predicted molar refractivity (Wildman–Crippen MR) is 196 cm³/mol. The van der Waals surface area contributed by atoms with E-state index in [0.717, 1.165) is 44.9 Å². The van der Waals surface area contributed by atoms with E-state index in [9.17, 15) is 9.90 Å². The number of aliphatic hydroxyl groups excluding tert-OH is 1. The van der Waals surface area contributed by atoms with Crippen molar-refractivity contribution in [1.29, 1.82) is 0 Å². The molecule has 0 aliphatic carbocycles. The smallest absolute Gasteiger partial charge is 0.306 e. The molecular weight excluding hydrogens is 556 g/mol. The van der Waals surface area contributed by atoms with Crippen LogP contribution in [0.3, 0.4) is 0 Å². The molecule has 0 spiro atoms. The molecule has 0 aromatic carbocycles. The highest BCUT2D eigenvalue weighted by Crippen LogP contribution is 2.13. The summed E-state index contributed by atoms with van der Waals surface area (Å²) in [6, 6.07) is 0. The van der Waals surface area contributed by atoms with Gasteiger partial charge in [0.1, 0.15) is 6.10 Å². The van der Waals surface area contributed by atoms with Crippen LogP contribution in [0.2, 0.25) is 0 Å². The molecule has 0 fully saturated rings. The van der Waals surface area contributed by atoms with Gasteiger partial charge >= 0.3 is 5.97 Å². The maximum atomic E-state index is 12.2. The molecule has 1 atom stereocenters. The van der Waals surface area contributed by atoms with Crippen LogP contribution in [0.5, 0.6) is 0 Å². The predicted octanol–water partition coefficient (Wildman–Crippen LogP) is 12.3. The minimum Gasteiger partial charge on any atom is -0.457 e. The van der Waals surface area contributed by atoms with E-state index in [1.807, 2.05) is 0 Å². The zero-order valence-electron chi connectivity index (χ0n) is 29.9. The first-order valence-corrected chi connectivity index (χ1v) is 19.2. The molecule has 0 saturated heterocycles. The zero-order chi connectivity index (χ0) is 32.7. The lowest BCUT2D eigenvalue weighted by molar-refractivity contribution is -0.154. The Morgan fingerprint density at radius 1 is 0.556 bits per heavy atom. The number of ether oxygens (including phenoxy) is 2. The Labute approximate surface area is 280 Å². The number of hydrogen-bond donors (Lipinski definition) is 1. The van der Waals surface area contributed by atoms with E-state index in [4.69, 9.17) is 9.47 Å². The zero-order valence-corrected chi connectivity index (χ0v) is 29.9. The maximum absolute atomic E-state index is 12.2. The molecule has 0 aromatic heterocycles. The molecule has 0 aromatic rings. The summed E-state index contributed by atoms with van der Waals surface area (Å²) in [5, 5.41) is 9.56. The van der Waals surface area contributed by atoms with E-state index in [0.29, 0.717) is 19.6 Å². The lowest BCUT2D eigenvalue weighted by Crippen LogP contribution is -2.27. The van der Waals surface area contributed by atoms with Gasteiger partial charge in [0.15, 0.2) is 0 Å². The number of esters is 1. The SMILES string of the molecule is CC/C=C\C/C=C\C/C=C\C/C=C\CCCCCCCCCCC(=O)OC(CO)COCCCCCCCCCCCCCC. The topological polar surface area (TPSA) is 55.8 Å². The van der Waals surface area contributed by atoms with Crippen LogP contribution < -0.4 is 0 Å². The maximum Gasteiger partial charge on any atom is 0.306 e. The van der Waals surface area contributed by atoms with Crippen molar-refractivity contribution in [1.82, 2.24) is 0 Å². The summed E-state index contributed by atoms with van der Waals surface area (Å²) in [7, 11) is 0. The Kier molecular flexibility index (Phi) is 37.1. The minimum absolute atomic E-state index is 0.174. The van der Waals surface area contributed by atoms with Crippen molar-refractivity contribution >= 4 is 5.97 Å². The molecule has 0 aliphatic rings. The standard InChI is InChI=1S/C41H74O4/c1-3-5-7-9-11-13-15-17-18-19-20-21-22-23-24-25-26-28-30-32-34-36-41(43)45-40(38-42)39-44-37-35-33-31-29-27-16-14-12-10-8-6-4-2/h5,7,11,13,17-18,20-21,40,42H,3-4,6,8-10,12,14-16,19,22-39H2,1-2H3/b7-5-,13-11-,18-17-,21-20-. The van der Waals surface area contributed by atoms with E-state index < -0.39 is 6.10 Å². The fraction of sp³-hybridized carbons (Fsp3) is 0.780. The van der Waals surface area contributed by atoms with Gasteiger partial charge in [-0.1, -0.05) is 172 Å². The quantitative estimate of drug-likeness (QED) is 0.0430. The Bertz CT molecular complexity index is 708. The van der Waals surface area contributed by atoms with Gasteiger partial charge in [-0.15, -0.1) is 0 Å². The summed E-state index contributed by atoms with van der Waals surface area (Å²) in [5.41, 5.74) is 0. The molecular formula is C41H74O4. The van der Waals surface area contributed by atoms with Crippen LogP contribution >= 0.6 is 0 Å². The van der Waals surface area contributed by atoms with Crippen LogP contribution in [0.15, 0.2) is 48.6 Å². The minimum atomic E-state index is -0.536. The number of unbranched alkanes of at least 4 members (excludes halogenated alkanes) is 19. The van der Waals surface area contributed by atoms with Crippen LogP contribution in [0.1, 0.15) is 181 Å². The van der Waals surface area contributed by atoms with Gasteiger partial charge in [-0.3, -0.25) is 4.79 Å². The summed E-state index contributed by atoms with van der Waals surface area (Å²) in [6.45, 7) is 5.23. The summed E-state index contributed by atoms with van der Waals surface area (Å²) in [5.74, 6) is -0.209. The summed E-state index contributed by atoms with van der Waals surface area (Å²) >= 11 is 0. The number of carbonyl (C=O) groups is 1. The van der Waals surface area contributed by atoms with Crippen molar-refractivity contribution in [2.24, 2.45) is 0 Å². The van der Waals surface area contributed by atoms with Crippen molar-refractivity contribution < 1.29 is 19.4 Å². The first-order chi connectivity index (χ1) is 22.2. The molecule has 45 heavy (non-hydrogen) atoms. The van der Waals surface area contributed by atoms with Crippen molar-refractivity contribution in [3.8, 4) is 0 Å². The molecule has 1 N–H and O–H groups in total. The van der Waals surface area contributed by atoms with Gasteiger partial charge in [-0.25, -0.2) is 0 Å². The second kappa shape index (κ2) is 38.5. The third-order valence-corrected chi connectivity index (χ3v) is 8.17. The fourth-order valence-electron chi connectivity index (χ4n) is 5.32. The fourth-order valence-corrected chi connectivity index (χ4v) is 5.32. The van der Waals surface area contributed by atoms with Crippen LogP contribution in [0, 0.1) is 0 Å². The summed E-state index contributed by atoms with van der Waals surface area (Å²) < 4.78 is 11.1. The molecule has 0 radical (unpaired) electrons. The summed E-state index contributed by atoms with van der Waals surface area (Å²) in [4.78, 5) is 12.2. The van der Waals surface area contributed by atoms with Gasteiger partial charge in [0, 0.05) is 13.0 Å². The van der Waals surface area contributed by atoms with Crippen molar-refractivity contribution in [2.45, 2.75) is 187 Å². The van der Waals surface area contributed by atoms with Crippen LogP contribution in [-0.2, 0) is 14.3 Å². The van der Waals surface area contributed by atoms with E-state index in [1.165, 1.54) is 116 Å². The lowest BCUT2D eigenvalue weighted by atomic mass is 10.1. The molecule has 0 bridgehead atoms. The molecule has 0 heterocycles. The van der Waals surface area contributed by atoms with Crippen molar-refractivity contribution in [2.75, 3.05) is 19.8 Å². The summed E-state index contributed by atoms with van der Waals surface area (Å²) in [6.07, 6.45) is 48.7. The monoisotopic (exact) mass is 631 g/mol. The Balaban J connectivity index is 3.47. The molecule has 0 amide bonds. The van der Waals surface area contributed by atoms with Gasteiger partial charge in [-0.05, 0) is 51.4 Å². The number of hydrogen-bond acceptors (Lipinski definition) is 4. The van der Waals surface area contributed by atoms with Gasteiger partial charge in [0.05, 0.1) is 13.2 Å². The Morgan fingerprint density at radius 2 is 1.00 bits per heavy atom. The molecule has 0 saturated carbocycles. The van der Waals surface area contributed by atoms with Crippen LogP contribution in [0.4, 0.5) is 0 Å². The Morgan fingerprint density at radius 3 is 1.51 bits per heavy atom. The third-order valence-electron chi connectivity index (χ3n) is 8.17. The van der Waals surface area contributed by atoms with E-state index in [-0.39, 0.29) is 12.6 Å². The lowest BCUT2D eigenvalue weighted by Gasteiger charge is -2.16. The first-order valence-electron chi connectivity index (χ1n) is 19.2. The van der Waals surface area contributed by atoms with Crippen LogP contribution in [0.25, 0.3) is 0 Å². The number of carbonyl (C=O) groups excluding carboxylic acids is 1. The molecule has 0 aliphatic heterocycles. The largest absolute Gasteiger partial charge is 0.457 e. The second-order valence-corrected chi connectivity index (χ2v) is 12.6. The van der Waals surface area contributed by atoms with E-state index in [2.05, 4.69) is 62.5 Å². The highest BCUT2D eigenvalue weighted by Gasteiger charge is 2.13. The molecule has 4 heteroatoms. The number of allylic oxidation sites excluding steroid dienone is 8. The first kappa shape index (κ1) is 43.4. The molecule has 1 unspecified atom stereocenters. The molecule has 262 valence electrons. The van der Waals surface area contributed by atoms with E-state index in [1.54, 1.807) is 0 Å². The van der Waals surface area contributed by atoms with Crippen molar-refractivity contribution in [3.63, 3.8) is 0 Å². The van der Waals surface area contributed by atoms with Crippen molar-refractivity contribution in [3.05, 3.63) is 48.6 Å². The molecule has 0 rings (SSSR count). The van der Waals surface area contributed by atoms with E-state index >= 15 is 0 Å². The van der Waals surface area contributed by atoms with Gasteiger partial charge in [-0.2, -0.15) is 0 Å². The van der Waals surface area contributed by atoms with Crippen LogP contribution in [-0.4, -0.2) is 37.0 Å². The second-order valence-electron chi connectivity index (χ2n) is 12.6. The number of rotatable bonds is 35. The van der Waals surface area contributed by atoms with Gasteiger partial charge in [0.2, 0.25) is 0 Å². The average molecular weight is 631 g/mol. The van der Waals surface area contributed by atoms with Gasteiger partial charge in [0.25, 0.3) is 0 Å². The number of aliphatic hydroxyl groups is 1. The van der Waals surface area contributed by atoms with Gasteiger partial charge < -0.3 is 14.6 Å². The normalized spacial score (nSPS) is 12.9. The third kappa shape index (κ3) is 36.7. The Hall–Kier alpha value is -1.65. The highest BCUT2D eigenvalue weighted by molar-refractivity contribution is 5.69. The molecule has 4 nitrogen and oxygen atoms in total. The average Bonchev–Trinajstić information content (AvgIpc) is 3.05.